The number of nitrogens with zero attached hydrogens (tertiary/aromatic N) is 1. The number of rotatable bonds is 6. The van der Waals surface area contributed by atoms with E-state index < -0.39 is 24.5 Å². The summed E-state index contributed by atoms with van der Waals surface area (Å²) in [4.78, 5) is 37.6. The summed E-state index contributed by atoms with van der Waals surface area (Å²) in [6.45, 7) is -0.468. The van der Waals surface area contributed by atoms with E-state index in [1.165, 1.54) is 13.2 Å². The fraction of sp³-hybridized carbons (Fsp3) is 0.211. The van der Waals surface area contributed by atoms with Crippen molar-refractivity contribution >= 4 is 29.2 Å². The van der Waals surface area contributed by atoms with Gasteiger partial charge in [0.2, 0.25) is 0 Å². The summed E-state index contributed by atoms with van der Waals surface area (Å²) in [6.07, 6.45) is 0. The maximum Gasteiger partial charge on any atom is 0.339 e. The number of anilines is 2. The quantitative estimate of drug-likeness (QED) is 0.800. The molecule has 0 aliphatic rings. The number of hydrogen-bond acceptors (Lipinski definition) is 6. The molecular formula is C19H20N2O5. The fourth-order valence-electron chi connectivity index (χ4n) is 2.18. The van der Waals surface area contributed by atoms with Gasteiger partial charge in [-0.05, 0) is 36.4 Å². The molecule has 2 aromatic carbocycles. The molecule has 1 N–H and O–H groups in total. The predicted molar refractivity (Wildman–Crippen MR) is 97.5 cm³/mol. The number of carbonyl (C=O) groups excluding carboxylic acids is 3. The van der Waals surface area contributed by atoms with E-state index in [2.05, 4.69) is 10.1 Å². The SMILES string of the molecule is COC(=O)c1ccccc1NC(=O)COC(=O)c1ccc(N(C)C)cc1. The van der Waals surface area contributed by atoms with E-state index in [1.807, 2.05) is 19.0 Å². The Kier molecular flexibility index (Phi) is 6.32. The Morgan fingerprint density at radius 1 is 0.962 bits per heavy atom. The van der Waals surface area contributed by atoms with Crippen LogP contribution in [-0.4, -0.2) is 45.7 Å². The second-order valence-corrected chi connectivity index (χ2v) is 5.60. The van der Waals surface area contributed by atoms with Crippen LogP contribution >= 0.6 is 0 Å². The highest BCUT2D eigenvalue weighted by Gasteiger charge is 2.15. The second-order valence-electron chi connectivity index (χ2n) is 5.60. The molecule has 2 rings (SSSR count). The van der Waals surface area contributed by atoms with Crippen molar-refractivity contribution in [2.45, 2.75) is 0 Å². The number of hydrogen-bond donors (Lipinski definition) is 1. The molecule has 7 heteroatoms. The lowest BCUT2D eigenvalue weighted by molar-refractivity contribution is -0.119. The third kappa shape index (κ3) is 4.83. The van der Waals surface area contributed by atoms with E-state index >= 15 is 0 Å². The Bertz CT molecular complexity index is 800. The van der Waals surface area contributed by atoms with E-state index in [4.69, 9.17) is 4.74 Å². The van der Waals surface area contributed by atoms with Gasteiger partial charge >= 0.3 is 11.9 Å². The summed E-state index contributed by atoms with van der Waals surface area (Å²) in [5, 5.41) is 2.53. The van der Waals surface area contributed by atoms with E-state index in [9.17, 15) is 14.4 Å². The molecule has 0 saturated carbocycles. The summed E-state index contributed by atoms with van der Waals surface area (Å²) in [5.41, 5.74) is 1.79. The minimum absolute atomic E-state index is 0.217. The van der Waals surface area contributed by atoms with Gasteiger partial charge in [0.15, 0.2) is 6.61 Å². The van der Waals surface area contributed by atoms with Crippen LogP contribution in [-0.2, 0) is 14.3 Å². The van der Waals surface area contributed by atoms with Crippen molar-refractivity contribution in [3.63, 3.8) is 0 Å². The minimum Gasteiger partial charge on any atom is -0.465 e. The highest BCUT2D eigenvalue weighted by molar-refractivity contribution is 6.02. The zero-order chi connectivity index (χ0) is 19.1. The molecule has 0 heterocycles. The highest BCUT2D eigenvalue weighted by atomic mass is 16.5. The number of methoxy groups -OCH3 is 1. The molecule has 0 spiro atoms. The Hall–Kier alpha value is -3.35. The molecule has 136 valence electrons. The first kappa shape index (κ1) is 19.0. The van der Waals surface area contributed by atoms with Crippen LogP contribution < -0.4 is 10.2 Å². The van der Waals surface area contributed by atoms with Gasteiger partial charge in [0, 0.05) is 19.8 Å². The van der Waals surface area contributed by atoms with Crippen molar-refractivity contribution in [1.29, 1.82) is 0 Å². The van der Waals surface area contributed by atoms with Crippen molar-refractivity contribution in [3.05, 3.63) is 59.7 Å². The van der Waals surface area contributed by atoms with Gasteiger partial charge < -0.3 is 19.7 Å². The number of benzene rings is 2. The molecule has 0 unspecified atom stereocenters. The fourth-order valence-corrected chi connectivity index (χ4v) is 2.18. The van der Waals surface area contributed by atoms with Crippen LogP contribution in [0.15, 0.2) is 48.5 Å². The van der Waals surface area contributed by atoms with Gasteiger partial charge in [-0.2, -0.15) is 0 Å². The summed E-state index contributed by atoms with van der Waals surface area (Å²) in [5.74, 6) is -1.73. The monoisotopic (exact) mass is 356 g/mol. The van der Waals surface area contributed by atoms with Gasteiger partial charge in [0.1, 0.15) is 0 Å². The highest BCUT2D eigenvalue weighted by Crippen LogP contribution is 2.16. The van der Waals surface area contributed by atoms with E-state index in [0.29, 0.717) is 5.56 Å². The summed E-state index contributed by atoms with van der Waals surface area (Å²) in [6, 6.07) is 13.2. The molecular weight excluding hydrogens is 336 g/mol. The van der Waals surface area contributed by atoms with Gasteiger partial charge in [0.05, 0.1) is 23.9 Å². The molecule has 0 fully saturated rings. The van der Waals surface area contributed by atoms with Gasteiger partial charge in [-0.15, -0.1) is 0 Å². The Balaban J connectivity index is 1.95. The van der Waals surface area contributed by atoms with Gasteiger partial charge in [0.25, 0.3) is 5.91 Å². The topological polar surface area (TPSA) is 84.9 Å². The molecule has 0 radical (unpaired) electrons. The third-order valence-corrected chi connectivity index (χ3v) is 3.56. The summed E-state index contributed by atoms with van der Waals surface area (Å²) in [7, 11) is 5.04. The van der Waals surface area contributed by atoms with Crippen LogP contribution in [0.1, 0.15) is 20.7 Å². The smallest absolute Gasteiger partial charge is 0.339 e. The number of nitrogens with one attached hydrogen (secondary N) is 1. The van der Waals surface area contributed by atoms with Crippen LogP contribution in [0.5, 0.6) is 0 Å². The number of para-hydroxylation sites is 1. The van der Waals surface area contributed by atoms with Crippen LogP contribution in [0.3, 0.4) is 0 Å². The molecule has 0 aliphatic heterocycles. The third-order valence-electron chi connectivity index (χ3n) is 3.56. The molecule has 0 aliphatic carbocycles. The van der Waals surface area contributed by atoms with Crippen molar-refractivity contribution in [1.82, 2.24) is 0 Å². The maximum atomic E-state index is 12.0. The standard InChI is InChI=1S/C19H20N2O5/c1-21(2)14-10-8-13(9-11-14)18(23)26-12-17(22)20-16-7-5-4-6-15(16)19(24)25-3/h4-11H,12H2,1-3H3,(H,20,22). The lowest BCUT2D eigenvalue weighted by Gasteiger charge is -2.12. The lowest BCUT2D eigenvalue weighted by Crippen LogP contribution is -2.22. The van der Waals surface area contributed by atoms with E-state index in [-0.39, 0.29) is 11.3 Å². The molecule has 0 saturated heterocycles. The minimum atomic E-state index is -0.605. The van der Waals surface area contributed by atoms with Crippen LogP contribution in [0.2, 0.25) is 0 Å². The largest absolute Gasteiger partial charge is 0.465 e. The first-order valence-electron chi connectivity index (χ1n) is 7.84. The molecule has 0 bridgehead atoms. The molecule has 1 amide bonds. The molecule has 7 nitrogen and oxygen atoms in total. The average Bonchev–Trinajstić information content (AvgIpc) is 2.66. The molecule has 2 aromatic rings. The molecule has 0 aromatic heterocycles. The van der Waals surface area contributed by atoms with Crippen molar-refractivity contribution in [2.24, 2.45) is 0 Å². The Morgan fingerprint density at radius 2 is 1.62 bits per heavy atom. The van der Waals surface area contributed by atoms with Crippen molar-refractivity contribution < 1.29 is 23.9 Å². The van der Waals surface area contributed by atoms with Gasteiger partial charge in [-0.1, -0.05) is 12.1 Å². The predicted octanol–water partition coefficient (Wildman–Crippen LogP) is 2.33. The lowest BCUT2D eigenvalue weighted by atomic mass is 10.2. The zero-order valence-electron chi connectivity index (χ0n) is 14.8. The maximum absolute atomic E-state index is 12.0. The number of esters is 2. The first-order chi connectivity index (χ1) is 12.4. The zero-order valence-corrected chi connectivity index (χ0v) is 14.8. The van der Waals surface area contributed by atoms with Gasteiger partial charge in [-0.25, -0.2) is 9.59 Å². The van der Waals surface area contributed by atoms with Crippen LogP contribution in [0.4, 0.5) is 11.4 Å². The number of amides is 1. The average molecular weight is 356 g/mol. The number of carbonyl (C=O) groups is 3. The molecule has 26 heavy (non-hydrogen) atoms. The molecule has 0 atom stereocenters. The Morgan fingerprint density at radius 3 is 2.23 bits per heavy atom. The normalized spacial score (nSPS) is 9.96. The Labute approximate surface area is 151 Å². The van der Waals surface area contributed by atoms with Crippen molar-refractivity contribution in [3.8, 4) is 0 Å². The number of ether oxygens (including phenoxy) is 2. The summed E-state index contributed by atoms with van der Waals surface area (Å²) < 4.78 is 9.67. The van der Waals surface area contributed by atoms with Crippen LogP contribution in [0.25, 0.3) is 0 Å². The van der Waals surface area contributed by atoms with E-state index in [0.717, 1.165) is 5.69 Å². The second kappa shape index (κ2) is 8.66. The van der Waals surface area contributed by atoms with Crippen molar-refractivity contribution in [2.75, 3.05) is 38.0 Å². The summed E-state index contributed by atoms with van der Waals surface area (Å²) >= 11 is 0. The van der Waals surface area contributed by atoms with Crippen LogP contribution in [0, 0.1) is 0 Å². The van der Waals surface area contributed by atoms with E-state index in [1.54, 1.807) is 42.5 Å². The van der Waals surface area contributed by atoms with Gasteiger partial charge in [-0.3, -0.25) is 4.79 Å². The first-order valence-corrected chi connectivity index (χ1v) is 7.84.